The van der Waals surface area contributed by atoms with Gasteiger partial charge in [0, 0.05) is 124 Å². The van der Waals surface area contributed by atoms with Crippen molar-refractivity contribution in [2.24, 2.45) is 0 Å². The van der Waals surface area contributed by atoms with Crippen molar-refractivity contribution in [3.05, 3.63) is 120 Å². The molecule has 2 unspecified atom stereocenters. The highest BCUT2D eigenvalue weighted by Crippen LogP contribution is 2.24. The Labute approximate surface area is 446 Å². The van der Waals surface area contributed by atoms with Crippen LogP contribution in [0.25, 0.3) is 24.3 Å². The zero-order valence-electron chi connectivity index (χ0n) is 39.3. The van der Waals surface area contributed by atoms with E-state index in [-0.39, 0.29) is 94.4 Å². The summed E-state index contributed by atoms with van der Waals surface area (Å²) < 4.78 is 4.72. The molecule has 0 spiro atoms. The normalized spacial score (nSPS) is 12.1. The first-order chi connectivity index (χ1) is 30.3. The van der Waals surface area contributed by atoms with E-state index in [1.165, 1.54) is 58.4 Å². The molecule has 0 aliphatic heterocycles. The Morgan fingerprint density at radius 3 is 1.15 bits per heavy atom. The van der Waals surface area contributed by atoms with Gasteiger partial charge in [0.15, 0.2) is 12.4 Å². The van der Waals surface area contributed by atoms with Gasteiger partial charge in [-0.2, -0.15) is 9.13 Å². The number of aryl methyl sites for hydroxylation is 2. The van der Waals surface area contributed by atoms with E-state index in [0.717, 1.165) is 48.4 Å². The number of aromatic nitrogens is 2. The second-order valence-corrected chi connectivity index (χ2v) is 19.1. The van der Waals surface area contributed by atoms with Crippen molar-refractivity contribution in [1.29, 1.82) is 0 Å². The monoisotopic (exact) mass is 1200 g/mol. The van der Waals surface area contributed by atoms with Gasteiger partial charge in [-0.15, -0.1) is 0 Å². The van der Waals surface area contributed by atoms with Crippen LogP contribution >= 0.6 is 21.6 Å². The van der Waals surface area contributed by atoms with Crippen LogP contribution in [0.5, 0.6) is 0 Å². The number of anilines is 2. The summed E-state index contributed by atoms with van der Waals surface area (Å²) in [6, 6.07) is 30.6. The first-order valence-electron chi connectivity index (χ1n) is 22.6. The zero-order valence-corrected chi connectivity index (χ0v) is 47.3. The number of quaternary nitrogens is 2. The number of aliphatic hydroxyl groups excluding tert-OH is 4. The fourth-order valence-electron chi connectivity index (χ4n) is 7.83. The molecule has 4 rings (SSSR count). The van der Waals surface area contributed by atoms with Gasteiger partial charge in [0.25, 0.3) is 0 Å². The van der Waals surface area contributed by atoms with Gasteiger partial charge in [0.2, 0.25) is 11.4 Å². The Balaban J connectivity index is 0.0000106. The highest BCUT2D eigenvalue weighted by Gasteiger charge is 2.19. The molecule has 16 heteroatoms. The summed E-state index contributed by atoms with van der Waals surface area (Å²) in [5.41, 5.74) is 6.62. The SMILES string of the molecule is C[NH+](C)C(CCC[n+]1ccccc1/C=C/c1ccc(N(CCO)CCO)cc1)CCSSCCC(CCC[n+]1ccccc1/C=C/c1ccc(N(CCO)CCO)cc1)[NH+](C)C.[Br-].[Br-].[Br-].[Br-]. The highest BCUT2D eigenvalue weighted by atomic mass is 79.9. The molecule has 2 heterocycles. The minimum absolute atomic E-state index is 0. The molecule has 2 aromatic carbocycles. The maximum absolute atomic E-state index is 9.38. The van der Waals surface area contributed by atoms with E-state index >= 15 is 0 Å². The van der Waals surface area contributed by atoms with Crippen LogP contribution in [-0.4, -0.2) is 125 Å². The second kappa shape index (κ2) is 38.0. The van der Waals surface area contributed by atoms with Gasteiger partial charge in [-0.05, 0) is 59.7 Å². The van der Waals surface area contributed by atoms with Crippen LogP contribution in [0.1, 0.15) is 61.0 Å². The Bertz CT molecular complexity index is 1740. The number of rotatable bonds is 31. The summed E-state index contributed by atoms with van der Waals surface area (Å²) in [6.07, 6.45) is 20.2. The second-order valence-electron chi connectivity index (χ2n) is 16.4. The molecule has 0 fully saturated rings. The number of hydrogen-bond acceptors (Lipinski definition) is 8. The van der Waals surface area contributed by atoms with Gasteiger partial charge < -0.3 is 108 Å². The van der Waals surface area contributed by atoms with E-state index < -0.39 is 0 Å². The van der Waals surface area contributed by atoms with Crippen molar-refractivity contribution in [3.8, 4) is 0 Å². The molecular weight excluding hydrogens is 1130 g/mol. The Morgan fingerprint density at radius 2 is 0.833 bits per heavy atom. The molecule has 0 aliphatic rings. The van der Waals surface area contributed by atoms with Crippen LogP contribution < -0.4 is 96.7 Å². The van der Waals surface area contributed by atoms with E-state index in [2.05, 4.69) is 159 Å². The number of hydrogen-bond donors (Lipinski definition) is 6. The van der Waals surface area contributed by atoms with Crippen molar-refractivity contribution in [2.75, 3.05) is 102 Å². The van der Waals surface area contributed by atoms with Crippen molar-refractivity contribution in [2.45, 2.75) is 63.7 Å². The van der Waals surface area contributed by atoms with Crippen LogP contribution in [0.2, 0.25) is 0 Å². The maximum Gasteiger partial charge on any atom is 0.205 e. The Kier molecular flexibility index (Phi) is 37.0. The van der Waals surface area contributed by atoms with Crippen LogP contribution in [0, 0.1) is 0 Å². The largest absolute Gasteiger partial charge is 1.00 e. The molecule has 10 nitrogen and oxygen atoms in total. The predicted molar refractivity (Wildman–Crippen MR) is 263 cm³/mol. The van der Waals surface area contributed by atoms with Crippen molar-refractivity contribution < 1.29 is 107 Å². The summed E-state index contributed by atoms with van der Waals surface area (Å²) in [5, 5.41) is 37.5. The summed E-state index contributed by atoms with van der Waals surface area (Å²) >= 11 is 0. The number of aliphatic hydroxyl groups is 4. The van der Waals surface area contributed by atoms with Crippen LogP contribution in [0.3, 0.4) is 0 Å². The maximum atomic E-state index is 9.38. The Morgan fingerprint density at radius 1 is 0.485 bits per heavy atom. The minimum Gasteiger partial charge on any atom is -1.00 e. The van der Waals surface area contributed by atoms with Crippen LogP contribution in [0.4, 0.5) is 11.4 Å². The van der Waals surface area contributed by atoms with E-state index in [4.69, 9.17) is 0 Å². The minimum atomic E-state index is 0. The molecule has 0 saturated carbocycles. The smallest absolute Gasteiger partial charge is 0.205 e. The standard InChI is InChI=1S/C50H74N6O4S2.4BrH/c1-51(2)45(13-9-31-53-29-7-5-11-47(53)21-15-43-17-23-49(24-18-43)55(33-37-57)34-38-58)27-41-61-62-42-28-46(52(3)4)14-10-32-54-30-8-6-12-48(54)22-16-44-19-25-50(26-20-44)56(35-39-59)36-40-60;;;;/h5-8,11-12,15-26,29-30,45-46,57-60H,9-10,13-14,27-28,31-42H2,1-4H3;4*1H/q+2;;;;/p-2. The fourth-order valence-corrected chi connectivity index (χ4v) is 10.1. The predicted octanol–water partition coefficient (Wildman–Crippen LogP) is -8.35. The summed E-state index contributed by atoms with van der Waals surface area (Å²) in [7, 11) is 13.3. The lowest BCUT2D eigenvalue weighted by Gasteiger charge is -2.22. The van der Waals surface area contributed by atoms with Crippen molar-refractivity contribution in [3.63, 3.8) is 0 Å². The molecule has 66 heavy (non-hydrogen) atoms. The molecule has 0 radical (unpaired) electrons. The topological polar surface area (TPSA) is 104 Å². The number of halogens is 4. The van der Waals surface area contributed by atoms with Crippen molar-refractivity contribution in [1.82, 2.24) is 0 Å². The molecular formula is C50H76Br4N6O4S2. The molecule has 2 atom stereocenters. The number of nitrogens with one attached hydrogen (secondary N) is 2. The van der Waals surface area contributed by atoms with Gasteiger partial charge in [-0.3, -0.25) is 0 Å². The fraction of sp³-hybridized carbons (Fsp3) is 0.480. The molecule has 0 aliphatic carbocycles. The summed E-state index contributed by atoms with van der Waals surface area (Å²) in [5.74, 6) is 2.36. The first-order valence-corrected chi connectivity index (χ1v) is 25.1. The van der Waals surface area contributed by atoms with Crippen molar-refractivity contribution >= 4 is 57.3 Å². The number of pyridine rings is 2. The molecule has 6 N–H and O–H groups in total. The van der Waals surface area contributed by atoms with Gasteiger partial charge >= 0.3 is 0 Å². The van der Waals surface area contributed by atoms with E-state index in [1.807, 2.05) is 31.4 Å². The van der Waals surface area contributed by atoms with E-state index in [9.17, 15) is 20.4 Å². The molecule has 0 saturated heterocycles. The number of benzene rings is 2. The molecule has 370 valence electrons. The third kappa shape index (κ3) is 23.7. The summed E-state index contributed by atoms with van der Waals surface area (Å²) in [6.45, 7) is 4.23. The lowest BCUT2D eigenvalue weighted by Crippen LogP contribution is -3.10. The van der Waals surface area contributed by atoms with Gasteiger partial charge in [0.05, 0.1) is 66.7 Å². The lowest BCUT2D eigenvalue weighted by molar-refractivity contribution is -0.886. The lowest BCUT2D eigenvalue weighted by atomic mass is 10.1. The third-order valence-corrected chi connectivity index (χ3v) is 14.0. The Hall–Kier alpha value is -1.80. The number of nitrogens with zero attached hydrogens (tertiary/aromatic N) is 4. The molecule has 2 aromatic heterocycles. The average Bonchev–Trinajstić information content (AvgIpc) is 3.28. The van der Waals surface area contributed by atoms with Gasteiger partial charge in [-0.1, -0.05) is 45.9 Å². The first kappa shape index (κ1) is 64.2. The van der Waals surface area contributed by atoms with Crippen LogP contribution in [-0.2, 0) is 13.1 Å². The third-order valence-electron chi connectivity index (χ3n) is 11.6. The van der Waals surface area contributed by atoms with Crippen LogP contribution in [0.15, 0.2) is 97.3 Å². The summed E-state index contributed by atoms with van der Waals surface area (Å²) in [4.78, 5) is 7.06. The average molecular weight is 1210 g/mol. The molecule has 0 bridgehead atoms. The molecule has 4 aromatic rings. The van der Waals surface area contributed by atoms with Gasteiger partial charge in [0.1, 0.15) is 13.1 Å². The molecule has 0 amide bonds. The highest BCUT2D eigenvalue weighted by molar-refractivity contribution is 8.76. The van der Waals surface area contributed by atoms with E-state index in [0.29, 0.717) is 38.3 Å². The van der Waals surface area contributed by atoms with Gasteiger partial charge in [-0.25, -0.2) is 0 Å². The zero-order chi connectivity index (χ0) is 44.4. The van der Waals surface area contributed by atoms with E-state index in [1.54, 1.807) is 0 Å². The quantitative estimate of drug-likeness (QED) is 0.0168.